The van der Waals surface area contributed by atoms with Crippen LogP contribution in [-0.2, 0) is 7.05 Å². The molecule has 0 atom stereocenters. The molecule has 0 saturated carbocycles. The standard InChI is InChI=1S/C10H9FN2/c1-13-7-6-12-10(13)8-2-4-9(11)5-3-8/h2-7H,1H3. The SMILES string of the molecule is Cn1ccnc1-c1ccc(F)cc1. The molecule has 13 heavy (non-hydrogen) atoms. The fourth-order valence-electron chi connectivity index (χ4n) is 1.24. The van der Waals surface area contributed by atoms with E-state index in [0.29, 0.717) is 0 Å². The second-order valence-electron chi connectivity index (χ2n) is 2.87. The van der Waals surface area contributed by atoms with Crippen molar-refractivity contribution in [2.24, 2.45) is 7.05 Å². The maximum absolute atomic E-state index is 12.6. The lowest BCUT2D eigenvalue weighted by Gasteiger charge is -2.00. The highest BCUT2D eigenvalue weighted by atomic mass is 19.1. The molecule has 0 fully saturated rings. The highest BCUT2D eigenvalue weighted by Gasteiger charge is 2.01. The van der Waals surface area contributed by atoms with Crippen molar-refractivity contribution in [2.75, 3.05) is 0 Å². The van der Waals surface area contributed by atoms with Crippen LogP contribution in [0.25, 0.3) is 11.4 Å². The molecule has 3 heteroatoms. The maximum Gasteiger partial charge on any atom is 0.139 e. The summed E-state index contributed by atoms with van der Waals surface area (Å²) in [5, 5.41) is 0. The number of aromatic nitrogens is 2. The number of imidazole rings is 1. The van der Waals surface area contributed by atoms with Gasteiger partial charge in [-0.25, -0.2) is 9.37 Å². The molecule has 0 saturated heterocycles. The Labute approximate surface area is 75.7 Å². The van der Waals surface area contributed by atoms with Crippen molar-refractivity contribution in [3.05, 3.63) is 42.5 Å². The molecular weight excluding hydrogens is 167 g/mol. The van der Waals surface area contributed by atoms with Crippen molar-refractivity contribution in [3.8, 4) is 11.4 Å². The van der Waals surface area contributed by atoms with Gasteiger partial charge in [0.1, 0.15) is 11.6 Å². The predicted octanol–water partition coefficient (Wildman–Crippen LogP) is 2.23. The molecule has 0 unspecified atom stereocenters. The Kier molecular flexibility index (Phi) is 1.85. The van der Waals surface area contributed by atoms with E-state index in [-0.39, 0.29) is 5.82 Å². The minimum atomic E-state index is -0.224. The molecule has 66 valence electrons. The fourth-order valence-corrected chi connectivity index (χ4v) is 1.24. The number of hydrogen-bond donors (Lipinski definition) is 0. The summed E-state index contributed by atoms with van der Waals surface area (Å²) in [6.45, 7) is 0. The zero-order valence-corrected chi connectivity index (χ0v) is 7.24. The van der Waals surface area contributed by atoms with Crippen molar-refractivity contribution >= 4 is 0 Å². The molecule has 0 N–H and O–H groups in total. The van der Waals surface area contributed by atoms with Gasteiger partial charge in [-0.2, -0.15) is 0 Å². The minimum absolute atomic E-state index is 0.224. The van der Waals surface area contributed by atoms with Crippen LogP contribution in [-0.4, -0.2) is 9.55 Å². The second kappa shape index (κ2) is 3.01. The van der Waals surface area contributed by atoms with E-state index in [4.69, 9.17) is 0 Å². The lowest BCUT2D eigenvalue weighted by Crippen LogP contribution is -1.90. The first-order valence-corrected chi connectivity index (χ1v) is 4.00. The Balaban J connectivity index is 2.47. The average molecular weight is 176 g/mol. The van der Waals surface area contributed by atoms with E-state index in [1.54, 1.807) is 18.3 Å². The number of nitrogens with zero attached hydrogens (tertiary/aromatic N) is 2. The molecule has 1 aromatic carbocycles. The summed E-state index contributed by atoms with van der Waals surface area (Å²) in [6, 6.07) is 6.31. The van der Waals surface area contributed by atoms with Crippen molar-refractivity contribution in [2.45, 2.75) is 0 Å². The second-order valence-corrected chi connectivity index (χ2v) is 2.87. The maximum atomic E-state index is 12.6. The van der Waals surface area contributed by atoms with Gasteiger partial charge in [0.15, 0.2) is 0 Å². The normalized spacial score (nSPS) is 10.3. The first-order valence-electron chi connectivity index (χ1n) is 4.00. The third kappa shape index (κ3) is 1.45. The molecule has 1 heterocycles. The van der Waals surface area contributed by atoms with E-state index >= 15 is 0 Å². The molecular formula is C10H9FN2. The van der Waals surface area contributed by atoms with Crippen LogP contribution in [0.1, 0.15) is 0 Å². The summed E-state index contributed by atoms with van der Waals surface area (Å²) in [4.78, 5) is 4.16. The number of rotatable bonds is 1. The van der Waals surface area contributed by atoms with Gasteiger partial charge in [-0.3, -0.25) is 0 Å². The third-order valence-corrected chi connectivity index (χ3v) is 1.92. The summed E-state index contributed by atoms with van der Waals surface area (Å²) in [6.07, 6.45) is 3.58. The topological polar surface area (TPSA) is 17.8 Å². The number of aryl methyl sites for hydroxylation is 1. The van der Waals surface area contributed by atoms with Crippen LogP contribution in [0.5, 0.6) is 0 Å². The van der Waals surface area contributed by atoms with Gasteiger partial charge in [-0.1, -0.05) is 0 Å². The van der Waals surface area contributed by atoms with E-state index in [2.05, 4.69) is 4.98 Å². The summed E-state index contributed by atoms with van der Waals surface area (Å²) < 4.78 is 14.5. The third-order valence-electron chi connectivity index (χ3n) is 1.92. The van der Waals surface area contributed by atoms with E-state index in [1.807, 2.05) is 17.8 Å². The lowest BCUT2D eigenvalue weighted by atomic mass is 10.2. The van der Waals surface area contributed by atoms with E-state index < -0.39 is 0 Å². The molecule has 0 aliphatic rings. The summed E-state index contributed by atoms with van der Waals surface area (Å²) >= 11 is 0. The van der Waals surface area contributed by atoms with E-state index in [9.17, 15) is 4.39 Å². The summed E-state index contributed by atoms with van der Waals surface area (Å²) in [5.41, 5.74) is 0.925. The molecule has 2 rings (SSSR count). The molecule has 0 bridgehead atoms. The highest BCUT2D eigenvalue weighted by molar-refractivity contribution is 5.54. The van der Waals surface area contributed by atoms with Gasteiger partial charge in [0.05, 0.1) is 0 Å². The number of hydrogen-bond acceptors (Lipinski definition) is 1. The first-order chi connectivity index (χ1) is 6.27. The van der Waals surface area contributed by atoms with Gasteiger partial charge in [0, 0.05) is 25.0 Å². The molecule has 1 aromatic heterocycles. The van der Waals surface area contributed by atoms with Crippen molar-refractivity contribution in [1.29, 1.82) is 0 Å². The molecule has 2 nitrogen and oxygen atoms in total. The van der Waals surface area contributed by atoms with Gasteiger partial charge in [0.2, 0.25) is 0 Å². The van der Waals surface area contributed by atoms with Gasteiger partial charge in [-0.15, -0.1) is 0 Å². The van der Waals surface area contributed by atoms with Crippen LogP contribution in [0, 0.1) is 5.82 Å². The van der Waals surface area contributed by atoms with Crippen LogP contribution in [0.3, 0.4) is 0 Å². The largest absolute Gasteiger partial charge is 0.334 e. The number of benzene rings is 1. The highest BCUT2D eigenvalue weighted by Crippen LogP contribution is 2.16. The first kappa shape index (κ1) is 7.98. The molecule has 0 aliphatic carbocycles. The molecule has 0 spiro atoms. The van der Waals surface area contributed by atoms with E-state index in [1.165, 1.54) is 12.1 Å². The predicted molar refractivity (Wildman–Crippen MR) is 48.6 cm³/mol. The van der Waals surface area contributed by atoms with Gasteiger partial charge in [-0.05, 0) is 24.3 Å². The van der Waals surface area contributed by atoms with Gasteiger partial charge >= 0.3 is 0 Å². The van der Waals surface area contributed by atoms with Crippen LogP contribution in [0.15, 0.2) is 36.7 Å². The molecule has 0 amide bonds. The quantitative estimate of drug-likeness (QED) is 0.651. The Bertz CT molecular complexity index is 403. The average Bonchev–Trinajstić information content (AvgIpc) is 2.53. The van der Waals surface area contributed by atoms with Gasteiger partial charge < -0.3 is 4.57 Å². The molecule has 0 aliphatic heterocycles. The van der Waals surface area contributed by atoms with Crippen LogP contribution in [0.4, 0.5) is 4.39 Å². The lowest BCUT2D eigenvalue weighted by molar-refractivity contribution is 0.628. The van der Waals surface area contributed by atoms with Crippen LogP contribution < -0.4 is 0 Å². The summed E-state index contributed by atoms with van der Waals surface area (Å²) in [5.74, 6) is 0.623. The van der Waals surface area contributed by atoms with Crippen molar-refractivity contribution in [3.63, 3.8) is 0 Å². The Morgan fingerprint density at radius 1 is 1.23 bits per heavy atom. The van der Waals surface area contributed by atoms with Crippen molar-refractivity contribution in [1.82, 2.24) is 9.55 Å². The summed E-state index contributed by atoms with van der Waals surface area (Å²) in [7, 11) is 1.91. The van der Waals surface area contributed by atoms with Crippen molar-refractivity contribution < 1.29 is 4.39 Å². The smallest absolute Gasteiger partial charge is 0.139 e. The Morgan fingerprint density at radius 3 is 2.46 bits per heavy atom. The van der Waals surface area contributed by atoms with Crippen LogP contribution >= 0.6 is 0 Å². The Morgan fingerprint density at radius 2 is 1.92 bits per heavy atom. The Hall–Kier alpha value is -1.64. The van der Waals surface area contributed by atoms with Crippen LogP contribution in [0.2, 0.25) is 0 Å². The molecule has 2 aromatic rings. The zero-order valence-electron chi connectivity index (χ0n) is 7.24. The molecule has 0 radical (unpaired) electrons. The van der Waals surface area contributed by atoms with Gasteiger partial charge in [0.25, 0.3) is 0 Å². The fraction of sp³-hybridized carbons (Fsp3) is 0.100. The zero-order chi connectivity index (χ0) is 9.26. The monoisotopic (exact) mass is 176 g/mol. The van der Waals surface area contributed by atoms with E-state index in [0.717, 1.165) is 11.4 Å². The minimum Gasteiger partial charge on any atom is -0.334 e. The number of halogens is 1.